The standard InChI is InChI=1S/C18H11N3O4/c22-16(12-9-10-5-1-4-8-14(10)25-18(12)24)21-20-15-11-6-2-3-7-13(11)19-17(15)23/h1-9,19,23H. The van der Waals surface area contributed by atoms with Crippen molar-refractivity contribution in [3.05, 3.63) is 70.6 Å². The van der Waals surface area contributed by atoms with Crippen LogP contribution in [-0.4, -0.2) is 16.0 Å². The summed E-state index contributed by atoms with van der Waals surface area (Å²) >= 11 is 0. The summed E-state index contributed by atoms with van der Waals surface area (Å²) in [5.74, 6) is -1.05. The molecule has 2 heterocycles. The second kappa shape index (κ2) is 5.72. The summed E-state index contributed by atoms with van der Waals surface area (Å²) in [5, 5.41) is 18.5. The molecule has 0 spiro atoms. The maximum Gasteiger partial charge on any atom is 0.349 e. The molecule has 0 atom stereocenters. The summed E-state index contributed by atoms with van der Waals surface area (Å²) in [6.07, 6.45) is 0. The Kier molecular flexibility index (Phi) is 3.39. The van der Waals surface area contributed by atoms with Crippen molar-refractivity contribution in [3.8, 4) is 5.88 Å². The lowest BCUT2D eigenvalue weighted by molar-refractivity contribution is 0.0991. The average Bonchev–Trinajstić information content (AvgIpc) is 2.94. The zero-order valence-electron chi connectivity index (χ0n) is 12.8. The van der Waals surface area contributed by atoms with Crippen LogP contribution in [0.25, 0.3) is 21.9 Å². The minimum absolute atomic E-state index is 0.133. The minimum Gasteiger partial charge on any atom is -0.493 e. The van der Waals surface area contributed by atoms with Gasteiger partial charge in [0.25, 0.3) is 0 Å². The number of nitrogens with zero attached hydrogens (tertiary/aromatic N) is 2. The van der Waals surface area contributed by atoms with Gasteiger partial charge in [-0.15, -0.1) is 10.2 Å². The first-order valence-electron chi connectivity index (χ1n) is 7.42. The molecule has 0 aliphatic carbocycles. The van der Waals surface area contributed by atoms with E-state index >= 15 is 0 Å². The van der Waals surface area contributed by atoms with Crippen LogP contribution in [0.4, 0.5) is 5.69 Å². The van der Waals surface area contributed by atoms with Crippen LogP contribution in [0.15, 0.2) is 74.0 Å². The van der Waals surface area contributed by atoms with E-state index in [1.165, 1.54) is 6.07 Å². The summed E-state index contributed by atoms with van der Waals surface area (Å²) in [5.41, 5.74) is 0.170. The Hall–Kier alpha value is -3.74. The molecule has 1 amide bonds. The van der Waals surface area contributed by atoms with Gasteiger partial charge in [-0.3, -0.25) is 4.79 Å². The number of fused-ring (bicyclic) bond motifs is 2. The minimum atomic E-state index is -0.843. The number of aromatic hydroxyl groups is 1. The zero-order valence-corrected chi connectivity index (χ0v) is 12.8. The van der Waals surface area contributed by atoms with Crippen LogP contribution in [0, 0.1) is 0 Å². The molecule has 0 aliphatic heterocycles. The number of aromatic nitrogens is 1. The van der Waals surface area contributed by atoms with Crippen molar-refractivity contribution in [3.63, 3.8) is 0 Å². The molecule has 0 saturated carbocycles. The fraction of sp³-hybridized carbons (Fsp3) is 0. The van der Waals surface area contributed by atoms with Crippen LogP contribution in [0.5, 0.6) is 5.88 Å². The van der Waals surface area contributed by atoms with E-state index in [1.54, 1.807) is 48.5 Å². The number of aromatic amines is 1. The van der Waals surface area contributed by atoms with E-state index in [9.17, 15) is 14.7 Å². The van der Waals surface area contributed by atoms with Crippen LogP contribution in [0.2, 0.25) is 0 Å². The van der Waals surface area contributed by atoms with Gasteiger partial charge in [0.15, 0.2) is 5.69 Å². The van der Waals surface area contributed by atoms with Crippen molar-refractivity contribution < 1.29 is 14.3 Å². The summed E-state index contributed by atoms with van der Waals surface area (Å²) in [6, 6.07) is 15.3. The SMILES string of the molecule is O=C(N=Nc1c(O)[nH]c2ccccc12)c1cc2ccccc2oc1=O. The number of carbonyl (C=O) groups excluding carboxylic acids is 1. The normalized spacial score (nSPS) is 11.5. The van der Waals surface area contributed by atoms with Gasteiger partial charge in [0.1, 0.15) is 11.1 Å². The number of amides is 1. The molecule has 2 N–H and O–H groups in total. The Bertz CT molecular complexity index is 1200. The highest BCUT2D eigenvalue weighted by Gasteiger charge is 2.15. The number of azo groups is 1. The Morgan fingerprint density at radius 2 is 1.84 bits per heavy atom. The average molecular weight is 333 g/mol. The number of H-pyrrole nitrogens is 1. The third-order valence-electron chi connectivity index (χ3n) is 3.77. The van der Waals surface area contributed by atoms with Gasteiger partial charge < -0.3 is 14.5 Å². The van der Waals surface area contributed by atoms with Crippen molar-refractivity contribution in [2.45, 2.75) is 0 Å². The van der Waals surface area contributed by atoms with Crippen molar-refractivity contribution in [2.24, 2.45) is 10.2 Å². The Morgan fingerprint density at radius 1 is 1.08 bits per heavy atom. The van der Waals surface area contributed by atoms with E-state index in [-0.39, 0.29) is 17.1 Å². The van der Waals surface area contributed by atoms with Crippen LogP contribution < -0.4 is 5.63 Å². The predicted octanol–water partition coefficient (Wildman–Crippen LogP) is 3.90. The molecule has 7 nitrogen and oxygen atoms in total. The number of para-hydroxylation sites is 2. The Morgan fingerprint density at radius 3 is 2.72 bits per heavy atom. The molecular weight excluding hydrogens is 322 g/mol. The number of carbonyl (C=O) groups is 1. The molecular formula is C18H11N3O4. The smallest absolute Gasteiger partial charge is 0.349 e. The molecule has 0 aliphatic rings. The largest absolute Gasteiger partial charge is 0.493 e. The number of hydrogen-bond donors (Lipinski definition) is 2. The fourth-order valence-corrected chi connectivity index (χ4v) is 2.57. The first-order chi connectivity index (χ1) is 12.1. The number of rotatable bonds is 2. The first kappa shape index (κ1) is 14.8. The lowest BCUT2D eigenvalue weighted by Gasteiger charge is -1.98. The van der Waals surface area contributed by atoms with Gasteiger partial charge in [-0.05, 0) is 18.2 Å². The lowest BCUT2D eigenvalue weighted by atomic mass is 10.2. The predicted molar refractivity (Wildman–Crippen MR) is 91.3 cm³/mol. The maximum absolute atomic E-state index is 12.2. The highest BCUT2D eigenvalue weighted by Crippen LogP contribution is 2.35. The highest BCUT2D eigenvalue weighted by atomic mass is 16.4. The van der Waals surface area contributed by atoms with E-state index in [4.69, 9.17) is 4.42 Å². The van der Waals surface area contributed by atoms with Crippen LogP contribution in [-0.2, 0) is 0 Å². The quantitative estimate of drug-likeness (QED) is 0.428. The maximum atomic E-state index is 12.2. The van der Waals surface area contributed by atoms with E-state index in [1.807, 2.05) is 0 Å². The Labute approximate surface area is 140 Å². The van der Waals surface area contributed by atoms with Gasteiger partial charge in [0, 0.05) is 10.8 Å². The third kappa shape index (κ3) is 2.57. The molecule has 2 aromatic heterocycles. The molecule has 25 heavy (non-hydrogen) atoms. The monoisotopic (exact) mass is 333 g/mol. The van der Waals surface area contributed by atoms with Gasteiger partial charge in [-0.25, -0.2) is 4.79 Å². The highest BCUT2D eigenvalue weighted by molar-refractivity contribution is 5.98. The lowest BCUT2D eigenvalue weighted by Crippen LogP contribution is -2.11. The first-order valence-corrected chi connectivity index (χ1v) is 7.42. The van der Waals surface area contributed by atoms with Crippen molar-refractivity contribution in [1.29, 1.82) is 0 Å². The van der Waals surface area contributed by atoms with Crippen molar-refractivity contribution in [1.82, 2.24) is 4.98 Å². The summed E-state index contributed by atoms with van der Waals surface area (Å²) in [4.78, 5) is 26.9. The number of nitrogens with one attached hydrogen (secondary N) is 1. The van der Waals surface area contributed by atoms with Gasteiger partial charge in [-0.2, -0.15) is 0 Å². The van der Waals surface area contributed by atoms with Gasteiger partial charge in [0.2, 0.25) is 5.88 Å². The zero-order chi connectivity index (χ0) is 17.4. The molecule has 0 bridgehead atoms. The van der Waals surface area contributed by atoms with E-state index in [0.717, 1.165) is 0 Å². The number of hydrogen-bond acceptors (Lipinski definition) is 5. The van der Waals surface area contributed by atoms with Gasteiger partial charge >= 0.3 is 11.5 Å². The molecule has 7 heteroatoms. The van der Waals surface area contributed by atoms with E-state index < -0.39 is 11.5 Å². The van der Waals surface area contributed by atoms with Crippen molar-refractivity contribution in [2.75, 3.05) is 0 Å². The molecule has 4 aromatic rings. The molecule has 0 unspecified atom stereocenters. The summed E-state index contributed by atoms with van der Waals surface area (Å²) in [6.45, 7) is 0. The van der Waals surface area contributed by atoms with Crippen LogP contribution in [0.1, 0.15) is 10.4 Å². The molecule has 4 rings (SSSR count). The van der Waals surface area contributed by atoms with Gasteiger partial charge in [0.05, 0.1) is 5.52 Å². The van der Waals surface area contributed by atoms with Crippen LogP contribution >= 0.6 is 0 Å². The fourth-order valence-electron chi connectivity index (χ4n) is 2.57. The molecule has 0 saturated heterocycles. The molecule has 0 radical (unpaired) electrons. The molecule has 122 valence electrons. The molecule has 2 aromatic carbocycles. The second-order valence-corrected chi connectivity index (χ2v) is 5.36. The van der Waals surface area contributed by atoms with Crippen LogP contribution in [0.3, 0.4) is 0 Å². The van der Waals surface area contributed by atoms with E-state index in [0.29, 0.717) is 21.9 Å². The third-order valence-corrected chi connectivity index (χ3v) is 3.77. The van der Waals surface area contributed by atoms with Gasteiger partial charge in [-0.1, -0.05) is 36.4 Å². The Balaban J connectivity index is 1.74. The molecule has 0 fully saturated rings. The number of benzene rings is 2. The van der Waals surface area contributed by atoms with E-state index in [2.05, 4.69) is 15.2 Å². The topological polar surface area (TPSA) is 108 Å². The van der Waals surface area contributed by atoms with Crippen molar-refractivity contribution >= 4 is 33.5 Å². The second-order valence-electron chi connectivity index (χ2n) is 5.36. The summed E-state index contributed by atoms with van der Waals surface area (Å²) in [7, 11) is 0. The summed E-state index contributed by atoms with van der Waals surface area (Å²) < 4.78 is 5.11.